The first kappa shape index (κ1) is 18.5. The Morgan fingerprint density at radius 3 is 2.58 bits per heavy atom. The molecule has 1 aromatic heterocycles. The number of nitrogen functional groups attached to an aromatic ring is 1. The first-order valence-corrected chi connectivity index (χ1v) is 9.38. The van der Waals surface area contributed by atoms with Gasteiger partial charge in [-0.3, -0.25) is 15.6 Å². The van der Waals surface area contributed by atoms with Gasteiger partial charge in [-0.25, -0.2) is 9.97 Å². The molecule has 0 aliphatic rings. The van der Waals surface area contributed by atoms with E-state index in [1.54, 1.807) is 30.3 Å². The highest BCUT2D eigenvalue weighted by Crippen LogP contribution is 2.33. The molecule has 0 spiro atoms. The third-order valence-corrected chi connectivity index (χ3v) is 5.26. The van der Waals surface area contributed by atoms with E-state index in [4.69, 9.17) is 17.3 Å². The molecule has 0 fully saturated rings. The van der Waals surface area contributed by atoms with Gasteiger partial charge in [-0.05, 0) is 52.3 Å². The molecule has 4 N–H and O–H groups in total. The third-order valence-electron chi connectivity index (χ3n) is 3.29. The molecular weight excluding hydrogens is 438 g/mol. The molecule has 3 rings (SSSR count). The Morgan fingerprint density at radius 2 is 1.85 bits per heavy atom. The van der Waals surface area contributed by atoms with E-state index in [-0.39, 0.29) is 5.91 Å². The van der Waals surface area contributed by atoms with Crippen molar-refractivity contribution in [3.05, 3.63) is 69.9 Å². The van der Waals surface area contributed by atoms with Crippen LogP contribution in [0.15, 0.2) is 69.3 Å². The molecule has 6 nitrogen and oxygen atoms in total. The average molecular weight is 451 g/mol. The summed E-state index contributed by atoms with van der Waals surface area (Å²) in [5.41, 5.74) is 12.3. The lowest BCUT2D eigenvalue weighted by atomic mass is 10.2. The zero-order valence-electron chi connectivity index (χ0n) is 13.2. The van der Waals surface area contributed by atoms with E-state index < -0.39 is 0 Å². The highest BCUT2D eigenvalue weighted by molar-refractivity contribution is 9.10. The maximum atomic E-state index is 12.3. The van der Waals surface area contributed by atoms with Gasteiger partial charge >= 0.3 is 0 Å². The second kappa shape index (κ2) is 8.39. The second-order valence-corrected chi connectivity index (χ2v) is 7.41. The van der Waals surface area contributed by atoms with Crippen LogP contribution in [0, 0.1) is 0 Å². The molecule has 0 bridgehead atoms. The minimum atomic E-state index is -0.317. The lowest BCUT2D eigenvalue weighted by Gasteiger charge is -2.12. The molecule has 0 saturated carbocycles. The molecule has 2 aromatic carbocycles. The monoisotopic (exact) mass is 449 g/mol. The van der Waals surface area contributed by atoms with E-state index in [1.165, 1.54) is 18.1 Å². The van der Waals surface area contributed by atoms with Crippen LogP contribution >= 0.6 is 39.3 Å². The highest BCUT2D eigenvalue weighted by Gasteiger charge is 2.12. The number of anilines is 2. The molecule has 1 amide bonds. The summed E-state index contributed by atoms with van der Waals surface area (Å²) in [7, 11) is 0. The number of aromatic nitrogens is 2. The molecule has 1 heterocycles. The lowest BCUT2D eigenvalue weighted by molar-refractivity contribution is 0.0961. The van der Waals surface area contributed by atoms with E-state index in [9.17, 15) is 4.79 Å². The summed E-state index contributed by atoms with van der Waals surface area (Å²) in [4.78, 5) is 21.5. The minimum absolute atomic E-state index is 0.317. The van der Waals surface area contributed by atoms with Crippen molar-refractivity contribution in [2.45, 2.75) is 9.92 Å². The van der Waals surface area contributed by atoms with Crippen LogP contribution in [0.25, 0.3) is 0 Å². The van der Waals surface area contributed by atoms with Crippen LogP contribution in [-0.4, -0.2) is 15.9 Å². The smallest absolute Gasteiger partial charge is 0.270 e. The average Bonchev–Trinajstić information content (AvgIpc) is 2.64. The molecule has 0 radical (unpaired) electrons. The van der Waals surface area contributed by atoms with Crippen molar-refractivity contribution in [2.24, 2.45) is 0 Å². The van der Waals surface area contributed by atoms with E-state index in [0.29, 0.717) is 31.6 Å². The van der Waals surface area contributed by atoms with Gasteiger partial charge in [-0.2, -0.15) is 0 Å². The van der Waals surface area contributed by atoms with Crippen molar-refractivity contribution in [3.8, 4) is 0 Å². The summed E-state index contributed by atoms with van der Waals surface area (Å²) in [6.07, 6.45) is 1.38. The number of rotatable bonds is 5. The maximum Gasteiger partial charge on any atom is 0.270 e. The van der Waals surface area contributed by atoms with E-state index >= 15 is 0 Å². The largest absolute Gasteiger partial charge is 0.393 e. The third kappa shape index (κ3) is 4.46. The Morgan fingerprint density at radius 1 is 1.12 bits per heavy atom. The van der Waals surface area contributed by atoms with Crippen LogP contribution in [0.3, 0.4) is 0 Å². The number of amides is 1. The second-order valence-electron chi connectivity index (χ2n) is 5.06. The van der Waals surface area contributed by atoms with Crippen molar-refractivity contribution in [3.63, 3.8) is 0 Å². The number of halogens is 2. The summed E-state index contributed by atoms with van der Waals surface area (Å²) in [5.74, 6) is -0.000686. The molecule has 0 atom stereocenters. The van der Waals surface area contributed by atoms with Crippen LogP contribution < -0.4 is 16.6 Å². The number of carbonyl (C=O) groups is 1. The molecule has 26 heavy (non-hydrogen) atoms. The number of nitrogens with one attached hydrogen (secondary N) is 2. The van der Waals surface area contributed by atoms with Crippen molar-refractivity contribution in [1.82, 2.24) is 15.4 Å². The predicted octanol–water partition coefficient (Wildman–Crippen LogP) is 4.38. The predicted molar refractivity (Wildman–Crippen MR) is 107 cm³/mol. The minimum Gasteiger partial charge on any atom is -0.393 e. The van der Waals surface area contributed by atoms with Gasteiger partial charge in [0.05, 0.1) is 5.56 Å². The fraction of sp³-hybridized carbons (Fsp3) is 0. The fourth-order valence-corrected chi connectivity index (χ4v) is 3.40. The van der Waals surface area contributed by atoms with Gasteiger partial charge in [-0.15, -0.1) is 0 Å². The van der Waals surface area contributed by atoms with Crippen LogP contribution in [-0.2, 0) is 0 Å². The Balaban J connectivity index is 1.72. The molecule has 0 unspecified atom stereocenters. The number of benzene rings is 2. The number of hydrogen-bond donors (Lipinski definition) is 3. The first-order chi connectivity index (χ1) is 12.5. The molecule has 0 saturated heterocycles. The standard InChI is InChI=1S/C17H13BrClN5OS/c18-13-4-2-1-3-12(13)16(25)24-23-15-14(20)17(22-9-21-15)26-11-7-5-10(19)6-8-11/h1-9H,20H2,(H,24,25)(H,21,22,23). The van der Waals surface area contributed by atoms with Gasteiger partial charge < -0.3 is 5.73 Å². The van der Waals surface area contributed by atoms with Crippen LogP contribution in [0.2, 0.25) is 5.02 Å². The van der Waals surface area contributed by atoms with Crippen molar-refractivity contribution < 1.29 is 4.79 Å². The van der Waals surface area contributed by atoms with E-state index in [0.717, 1.165) is 4.90 Å². The summed E-state index contributed by atoms with van der Waals surface area (Å²) in [6, 6.07) is 14.4. The Labute approximate surface area is 167 Å². The molecule has 132 valence electrons. The molecular formula is C17H13BrClN5OS. The first-order valence-electron chi connectivity index (χ1n) is 7.39. The van der Waals surface area contributed by atoms with Gasteiger partial charge in [-0.1, -0.05) is 35.5 Å². The lowest BCUT2D eigenvalue weighted by Crippen LogP contribution is -2.30. The molecule has 3 aromatic rings. The van der Waals surface area contributed by atoms with Gasteiger partial charge in [0.2, 0.25) is 0 Å². The van der Waals surface area contributed by atoms with Crippen LogP contribution in [0.5, 0.6) is 0 Å². The number of hydrogen-bond acceptors (Lipinski definition) is 6. The summed E-state index contributed by atoms with van der Waals surface area (Å²) >= 11 is 10.6. The highest BCUT2D eigenvalue weighted by atomic mass is 79.9. The zero-order valence-corrected chi connectivity index (χ0v) is 16.4. The normalized spacial score (nSPS) is 10.4. The summed E-state index contributed by atoms with van der Waals surface area (Å²) in [5, 5.41) is 1.22. The van der Waals surface area contributed by atoms with Gasteiger partial charge in [0.25, 0.3) is 5.91 Å². The van der Waals surface area contributed by atoms with E-state index in [1.807, 2.05) is 18.2 Å². The Kier molecular flexibility index (Phi) is 5.97. The number of hydrazine groups is 1. The fourth-order valence-electron chi connectivity index (χ4n) is 2.00. The molecule has 0 aliphatic heterocycles. The quantitative estimate of drug-likeness (QED) is 0.394. The van der Waals surface area contributed by atoms with Crippen molar-refractivity contribution >= 4 is 56.7 Å². The van der Waals surface area contributed by atoms with Crippen molar-refractivity contribution in [1.29, 1.82) is 0 Å². The summed E-state index contributed by atoms with van der Waals surface area (Å²) in [6.45, 7) is 0. The summed E-state index contributed by atoms with van der Waals surface area (Å²) < 4.78 is 0.689. The van der Waals surface area contributed by atoms with Gasteiger partial charge in [0, 0.05) is 14.4 Å². The van der Waals surface area contributed by atoms with Crippen LogP contribution in [0.1, 0.15) is 10.4 Å². The number of nitrogens with zero attached hydrogens (tertiary/aromatic N) is 2. The topological polar surface area (TPSA) is 92.9 Å². The molecule has 9 heteroatoms. The van der Waals surface area contributed by atoms with Gasteiger partial charge in [0.1, 0.15) is 17.0 Å². The number of carbonyl (C=O) groups excluding carboxylic acids is 1. The van der Waals surface area contributed by atoms with Crippen LogP contribution in [0.4, 0.5) is 11.5 Å². The maximum absolute atomic E-state index is 12.3. The molecule has 0 aliphatic carbocycles. The van der Waals surface area contributed by atoms with Crippen molar-refractivity contribution in [2.75, 3.05) is 11.2 Å². The zero-order chi connectivity index (χ0) is 18.5. The van der Waals surface area contributed by atoms with E-state index in [2.05, 4.69) is 36.7 Å². The van der Waals surface area contributed by atoms with Gasteiger partial charge in [0.15, 0.2) is 5.82 Å². The Hall–Kier alpha value is -2.29. The Bertz CT molecular complexity index is 939. The number of nitrogens with two attached hydrogens (primary N) is 1. The SMILES string of the molecule is Nc1c(NNC(=O)c2ccccc2Br)ncnc1Sc1ccc(Cl)cc1.